The van der Waals surface area contributed by atoms with Crippen LogP contribution in [0.2, 0.25) is 5.02 Å². The predicted molar refractivity (Wildman–Crippen MR) is 113 cm³/mol. The number of carbonyl (C=O) groups excluding carboxylic acids is 2. The molecular formula is C19H25ClN4O5S. The molecule has 1 aliphatic heterocycles. The molecule has 2 aromatic rings. The highest BCUT2D eigenvalue weighted by Gasteiger charge is 2.39. The normalized spacial score (nSPS) is 18.5. The van der Waals surface area contributed by atoms with Crippen LogP contribution >= 0.6 is 11.6 Å². The Bertz CT molecular complexity index is 1080. The van der Waals surface area contributed by atoms with Crippen molar-refractivity contribution in [1.29, 1.82) is 0 Å². The van der Waals surface area contributed by atoms with E-state index in [0.717, 1.165) is 0 Å². The Labute approximate surface area is 180 Å². The van der Waals surface area contributed by atoms with Crippen LogP contribution in [0.25, 0.3) is 10.9 Å². The van der Waals surface area contributed by atoms with E-state index in [1.807, 2.05) is 0 Å². The van der Waals surface area contributed by atoms with Crippen LogP contribution in [-0.4, -0.2) is 65.9 Å². The van der Waals surface area contributed by atoms with Crippen molar-refractivity contribution in [1.82, 2.24) is 14.2 Å². The molecule has 30 heavy (non-hydrogen) atoms. The lowest BCUT2D eigenvalue weighted by atomic mass is 10.1. The first-order valence-electron chi connectivity index (χ1n) is 9.43. The number of nitrogens with zero attached hydrogens (tertiary/aromatic N) is 2. The molecule has 0 saturated carbocycles. The number of nitrogens with one attached hydrogen (secondary N) is 1. The number of nitrogens with two attached hydrogens (primary N) is 1. The molecule has 3 N–H and O–H groups in total. The zero-order chi connectivity index (χ0) is 22.3. The maximum atomic E-state index is 13.2. The third-order valence-corrected chi connectivity index (χ3v) is 6.71. The third kappa shape index (κ3) is 4.88. The van der Waals surface area contributed by atoms with Crippen LogP contribution in [0.3, 0.4) is 0 Å². The second-order valence-electron chi connectivity index (χ2n) is 8.23. The van der Waals surface area contributed by atoms with Gasteiger partial charge in [-0.25, -0.2) is 13.2 Å². The average molecular weight is 457 g/mol. The number of ether oxygens (including phenoxy) is 1. The number of primary amides is 1. The number of amides is 2. The Balaban J connectivity index is 1.85. The minimum Gasteiger partial charge on any atom is -0.444 e. The first-order valence-corrected chi connectivity index (χ1v) is 11.2. The Morgan fingerprint density at radius 3 is 2.60 bits per heavy atom. The highest BCUT2D eigenvalue weighted by Crippen LogP contribution is 2.27. The zero-order valence-corrected chi connectivity index (χ0v) is 18.6. The number of sulfonamides is 1. The van der Waals surface area contributed by atoms with Gasteiger partial charge in [0.25, 0.3) is 10.0 Å². The van der Waals surface area contributed by atoms with E-state index in [1.54, 1.807) is 39.0 Å². The van der Waals surface area contributed by atoms with Gasteiger partial charge in [-0.3, -0.25) is 4.79 Å². The number of hydrogen-bond donors (Lipinski definition) is 2. The molecule has 9 nitrogen and oxygen atoms in total. The van der Waals surface area contributed by atoms with E-state index >= 15 is 0 Å². The van der Waals surface area contributed by atoms with Gasteiger partial charge in [-0.1, -0.05) is 11.6 Å². The quantitative estimate of drug-likeness (QED) is 0.730. The molecule has 1 aromatic heterocycles. The van der Waals surface area contributed by atoms with Gasteiger partial charge in [0.1, 0.15) is 10.6 Å². The first-order chi connectivity index (χ1) is 13.9. The molecule has 164 valence electrons. The summed E-state index contributed by atoms with van der Waals surface area (Å²) in [6.07, 6.45) is -0.779. The van der Waals surface area contributed by atoms with E-state index < -0.39 is 33.7 Å². The molecule has 1 unspecified atom stereocenters. The van der Waals surface area contributed by atoms with Crippen LogP contribution in [0.4, 0.5) is 4.79 Å². The number of aromatic amines is 1. The van der Waals surface area contributed by atoms with Crippen LogP contribution in [0.5, 0.6) is 0 Å². The monoisotopic (exact) mass is 456 g/mol. The van der Waals surface area contributed by atoms with Gasteiger partial charge in [0.15, 0.2) is 0 Å². The molecule has 0 spiro atoms. The summed E-state index contributed by atoms with van der Waals surface area (Å²) in [6.45, 7) is 5.27. The molecule has 1 saturated heterocycles. The van der Waals surface area contributed by atoms with E-state index in [4.69, 9.17) is 22.1 Å². The average Bonchev–Trinajstić information content (AvgIpc) is 3.03. The van der Waals surface area contributed by atoms with Gasteiger partial charge in [0, 0.05) is 42.0 Å². The summed E-state index contributed by atoms with van der Waals surface area (Å²) in [6, 6.07) is 5.83. The van der Waals surface area contributed by atoms with Gasteiger partial charge in [-0.2, -0.15) is 4.31 Å². The Kier molecular flexibility index (Phi) is 6.03. The largest absolute Gasteiger partial charge is 0.444 e. The highest BCUT2D eigenvalue weighted by atomic mass is 35.5. The van der Waals surface area contributed by atoms with E-state index in [1.165, 1.54) is 15.3 Å². The van der Waals surface area contributed by atoms with E-state index in [0.29, 0.717) is 15.9 Å². The number of piperazine rings is 1. The number of H-pyrrole nitrogens is 1. The molecule has 1 atom stereocenters. The number of aromatic nitrogens is 1. The van der Waals surface area contributed by atoms with Gasteiger partial charge < -0.3 is 20.4 Å². The van der Waals surface area contributed by atoms with Gasteiger partial charge >= 0.3 is 6.09 Å². The number of carbonyl (C=O) groups is 2. The van der Waals surface area contributed by atoms with E-state index in [2.05, 4.69) is 4.98 Å². The number of halogens is 1. The fourth-order valence-electron chi connectivity index (χ4n) is 3.37. The summed E-state index contributed by atoms with van der Waals surface area (Å²) in [5.41, 5.74) is 5.26. The van der Waals surface area contributed by atoms with Crippen molar-refractivity contribution in [2.45, 2.75) is 43.9 Å². The van der Waals surface area contributed by atoms with Crippen molar-refractivity contribution in [3.63, 3.8) is 0 Å². The first kappa shape index (κ1) is 22.4. The number of hydrogen-bond acceptors (Lipinski definition) is 5. The topological polar surface area (TPSA) is 126 Å². The second-order valence-corrected chi connectivity index (χ2v) is 10.6. The predicted octanol–water partition coefficient (Wildman–Crippen LogP) is 2.31. The molecule has 3 rings (SSSR count). The molecule has 2 amide bonds. The molecular weight excluding hydrogens is 432 g/mol. The van der Waals surface area contributed by atoms with Crippen LogP contribution in [0, 0.1) is 0 Å². The van der Waals surface area contributed by atoms with Crippen LogP contribution in [0.1, 0.15) is 27.2 Å². The smallest absolute Gasteiger partial charge is 0.410 e. The maximum absolute atomic E-state index is 13.2. The molecule has 11 heteroatoms. The molecule has 0 radical (unpaired) electrons. The lowest BCUT2D eigenvalue weighted by Crippen LogP contribution is -2.58. The van der Waals surface area contributed by atoms with Gasteiger partial charge in [-0.15, -0.1) is 0 Å². The summed E-state index contributed by atoms with van der Waals surface area (Å²) in [5, 5.41) is 1.18. The van der Waals surface area contributed by atoms with Crippen LogP contribution < -0.4 is 5.73 Å². The fourth-order valence-corrected chi connectivity index (χ4v) is 5.03. The number of benzene rings is 1. The van der Waals surface area contributed by atoms with E-state index in [9.17, 15) is 18.0 Å². The summed E-state index contributed by atoms with van der Waals surface area (Å²) >= 11 is 5.98. The SMILES string of the molecule is CC(C)(C)OC(=O)N1CCN(S(=O)(=O)c2cc3cc(Cl)ccc3[nH]2)CC1CC(N)=O. The number of rotatable bonds is 4. The van der Waals surface area contributed by atoms with Crippen molar-refractivity contribution in [3.8, 4) is 0 Å². The van der Waals surface area contributed by atoms with Crippen molar-refractivity contribution in [3.05, 3.63) is 29.3 Å². The van der Waals surface area contributed by atoms with E-state index in [-0.39, 0.29) is 31.1 Å². The van der Waals surface area contributed by atoms with Gasteiger partial charge in [0.05, 0.1) is 6.04 Å². The molecule has 0 aliphatic carbocycles. The third-order valence-electron chi connectivity index (χ3n) is 4.69. The molecule has 1 aromatic carbocycles. The van der Waals surface area contributed by atoms with Crippen LogP contribution in [-0.2, 0) is 19.6 Å². The van der Waals surface area contributed by atoms with Crippen LogP contribution in [0.15, 0.2) is 29.3 Å². The Hall–Kier alpha value is -2.30. The van der Waals surface area contributed by atoms with Gasteiger partial charge in [-0.05, 0) is 45.0 Å². The van der Waals surface area contributed by atoms with Crippen molar-refractivity contribution in [2.24, 2.45) is 5.73 Å². The summed E-state index contributed by atoms with van der Waals surface area (Å²) < 4.78 is 33.0. The Morgan fingerprint density at radius 1 is 1.27 bits per heavy atom. The molecule has 0 bridgehead atoms. The summed E-state index contributed by atoms with van der Waals surface area (Å²) in [4.78, 5) is 28.4. The van der Waals surface area contributed by atoms with Gasteiger partial charge in [0.2, 0.25) is 5.91 Å². The minimum atomic E-state index is -3.89. The zero-order valence-electron chi connectivity index (χ0n) is 17.0. The second kappa shape index (κ2) is 8.09. The van der Waals surface area contributed by atoms with Crippen molar-refractivity contribution < 1.29 is 22.7 Å². The Morgan fingerprint density at radius 2 is 1.97 bits per heavy atom. The summed E-state index contributed by atoms with van der Waals surface area (Å²) in [5.74, 6) is -0.631. The highest BCUT2D eigenvalue weighted by molar-refractivity contribution is 7.89. The standard InChI is InChI=1S/C19H25ClN4O5S/c1-19(2,3)29-18(26)24-7-6-23(11-14(24)10-16(21)25)30(27,28)17-9-12-8-13(20)4-5-15(12)22-17/h4-5,8-9,14,22H,6-7,10-11H2,1-3H3,(H2,21,25). The minimum absolute atomic E-state index is 0.0170. The number of fused-ring (bicyclic) bond motifs is 1. The lowest BCUT2D eigenvalue weighted by molar-refractivity contribution is -0.119. The lowest BCUT2D eigenvalue weighted by Gasteiger charge is -2.40. The maximum Gasteiger partial charge on any atom is 0.410 e. The summed E-state index contributed by atoms with van der Waals surface area (Å²) in [7, 11) is -3.89. The fraction of sp³-hybridized carbons (Fsp3) is 0.474. The van der Waals surface area contributed by atoms with Crippen molar-refractivity contribution >= 4 is 44.5 Å². The molecule has 1 aliphatic rings. The molecule has 1 fully saturated rings. The van der Waals surface area contributed by atoms with Crippen molar-refractivity contribution in [2.75, 3.05) is 19.6 Å². The molecule has 2 heterocycles.